The van der Waals surface area contributed by atoms with Gasteiger partial charge in [-0.1, -0.05) is 35.3 Å². The number of nitro groups is 1. The number of alkyl halides is 3. The minimum Gasteiger partial charge on any atom is -0.477 e. The van der Waals surface area contributed by atoms with E-state index in [0.29, 0.717) is 17.6 Å². The Morgan fingerprint density at radius 2 is 1.85 bits per heavy atom. The van der Waals surface area contributed by atoms with E-state index in [1.807, 2.05) is 0 Å². The van der Waals surface area contributed by atoms with Crippen LogP contribution in [0.15, 0.2) is 46.9 Å². The highest BCUT2D eigenvalue weighted by Gasteiger charge is 2.37. The quantitative estimate of drug-likeness (QED) is 0.0918. The molecule has 0 unspecified atom stereocenters. The first-order valence-corrected chi connectivity index (χ1v) is 13.9. The summed E-state index contributed by atoms with van der Waals surface area (Å²) in [5.41, 5.74) is 2.60. The lowest BCUT2D eigenvalue weighted by Crippen LogP contribution is -2.26. The van der Waals surface area contributed by atoms with Gasteiger partial charge in [-0.3, -0.25) is 14.9 Å². The molecule has 18 heteroatoms. The highest BCUT2D eigenvalue weighted by molar-refractivity contribution is 7.87. The van der Waals surface area contributed by atoms with Crippen molar-refractivity contribution in [3.05, 3.63) is 78.6 Å². The molecule has 2 N–H and O–H groups in total. The minimum atomic E-state index is -4.94. The summed E-state index contributed by atoms with van der Waals surface area (Å²) in [6.07, 6.45) is -4.52. The maximum absolute atomic E-state index is 12.6. The zero-order chi connectivity index (χ0) is 31.1. The molecule has 0 aliphatic rings. The van der Waals surface area contributed by atoms with Gasteiger partial charge in [0.2, 0.25) is 0 Å². The first kappa shape index (κ1) is 33.5. The van der Waals surface area contributed by atoms with Crippen LogP contribution in [0.5, 0.6) is 5.75 Å². The topological polar surface area (TPSA) is 165 Å². The Labute approximate surface area is 244 Å². The number of hydrazone groups is 1. The number of aldehydes is 1. The first-order chi connectivity index (χ1) is 19.0. The molecule has 3 aromatic rings. The van der Waals surface area contributed by atoms with Crippen molar-refractivity contribution < 1.29 is 45.4 Å². The molecule has 3 rings (SSSR count). The molecule has 2 aromatic carbocycles. The van der Waals surface area contributed by atoms with Crippen LogP contribution in [-0.2, 0) is 10.1 Å². The Hall–Kier alpha value is -3.73. The largest absolute Gasteiger partial charge is 0.477 e. The van der Waals surface area contributed by atoms with Crippen LogP contribution in [0, 0.1) is 10.1 Å². The van der Waals surface area contributed by atoms with Crippen molar-refractivity contribution in [2.75, 3.05) is 12.8 Å². The molecule has 0 aliphatic carbocycles. The fourth-order valence-corrected chi connectivity index (χ4v) is 5.33. The van der Waals surface area contributed by atoms with E-state index in [1.165, 1.54) is 30.6 Å². The number of nitrogens with one attached hydrogen (secondary N) is 1. The molecular formula is C23H18Cl2F3N3O8S2. The molecule has 220 valence electrons. The monoisotopic (exact) mass is 655 g/mol. The Kier molecular flexibility index (Phi) is 11.2. The van der Waals surface area contributed by atoms with Gasteiger partial charge in [0.25, 0.3) is 5.69 Å². The van der Waals surface area contributed by atoms with E-state index in [9.17, 15) is 41.3 Å². The third-order valence-corrected chi connectivity index (χ3v) is 7.58. The van der Waals surface area contributed by atoms with Crippen molar-refractivity contribution >= 4 is 68.3 Å². The van der Waals surface area contributed by atoms with Gasteiger partial charge in [-0.05, 0) is 30.7 Å². The highest BCUT2D eigenvalue weighted by Crippen LogP contribution is 2.42. The predicted molar refractivity (Wildman–Crippen MR) is 147 cm³/mol. The summed E-state index contributed by atoms with van der Waals surface area (Å²) in [4.78, 5) is 30.7. The van der Waals surface area contributed by atoms with Crippen molar-refractivity contribution in [2.45, 2.75) is 13.1 Å². The smallest absolute Gasteiger partial charge is 0.406 e. The van der Waals surface area contributed by atoms with Crippen LogP contribution in [0.25, 0.3) is 10.4 Å². The SMILES string of the molecule is CN/N=C(\C)c1csc(-c2ccc(Cl)c(Cl)c2)c1OS(=O)(=O)CC(F)(F)F.O=Cc1ccc(C(=O)O)c([N+](=O)[O-])c1. The average Bonchev–Trinajstić information content (AvgIpc) is 3.26. The van der Waals surface area contributed by atoms with E-state index in [4.69, 9.17) is 32.5 Å². The number of nitrogens with zero attached hydrogens (tertiary/aromatic N) is 2. The van der Waals surface area contributed by atoms with Crippen LogP contribution in [0.1, 0.15) is 33.2 Å². The van der Waals surface area contributed by atoms with Crippen LogP contribution in [0.4, 0.5) is 18.9 Å². The van der Waals surface area contributed by atoms with E-state index < -0.39 is 44.2 Å². The fourth-order valence-electron chi connectivity index (χ4n) is 3.05. The molecule has 11 nitrogen and oxygen atoms in total. The summed E-state index contributed by atoms with van der Waals surface area (Å²) in [5.74, 6) is -3.76. The van der Waals surface area contributed by atoms with E-state index in [2.05, 4.69) is 10.5 Å². The van der Waals surface area contributed by atoms with Crippen LogP contribution in [-0.4, -0.2) is 55.4 Å². The predicted octanol–water partition coefficient (Wildman–Crippen LogP) is 6.04. The molecule has 0 fully saturated rings. The number of thiophene rings is 1. The van der Waals surface area contributed by atoms with Gasteiger partial charge in [-0.15, -0.1) is 11.3 Å². The van der Waals surface area contributed by atoms with Gasteiger partial charge in [0.05, 0.1) is 31.1 Å². The van der Waals surface area contributed by atoms with Gasteiger partial charge in [0.1, 0.15) is 11.8 Å². The maximum Gasteiger partial charge on any atom is 0.406 e. The number of rotatable bonds is 9. The summed E-state index contributed by atoms with van der Waals surface area (Å²) >= 11 is 12.9. The van der Waals surface area contributed by atoms with Gasteiger partial charge >= 0.3 is 22.3 Å². The third kappa shape index (κ3) is 9.41. The summed E-state index contributed by atoms with van der Waals surface area (Å²) in [5, 5.41) is 24.9. The van der Waals surface area contributed by atoms with E-state index in [-0.39, 0.29) is 31.8 Å². The van der Waals surface area contributed by atoms with Gasteiger partial charge < -0.3 is 14.7 Å². The Morgan fingerprint density at radius 3 is 2.37 bits per heavy atom. The second kappa shape index (κ2) is 13.8. The third-order valence-electron chi connectivity index (χ3n) is 4.73. The second-order valence-corrected chi connectivity index (χ2v) is 11.0. The molecule has 41 heavy (non-hydrogen) atoms. The van der Waals surface area contributed by atoms with Crippen molar-refractivity contribution in [1.82, 2.24) is 5.43 Å². The molecule has 0 radical (unpaired) electrons. The van der Waals surface area contributed by atoms with Crippen LogP contribution >= 0.6 is 34.5 Å². The van der Waals surface area contributed by atoms with E-state index >= 15 is 0 Å². The maximum atomic E-state index is 12.6. The van der Waals surface area contributed by atoms with Crippen LogP contribution in [0.2, 0.25) is 10.0 Å². The van der Waals surface area contributed by atoms with Gasteiger partial charge in [0.15, 0.2) is 11.5 Å². The highest BCUT2D eigenvalue weighted by atomic mass is 35.5. The zero-order valence-electron chi connectivity index (χ0n) is 20.7. The number of benzene rings is 2. The molecule has 0 aliphatic heterocycles. The molecule has 0 spiro atoms. The van der Waals surface area contributed by atoms with Gasteiger partial charge in [0, 0.05) is 24.1 Å². The number of hydrogen-bond acceptors (Lipinski definition) is 10. The normalized spacial score (nSPS) is 11.7. The molecule has 1 aromatic heterocycles. The number of halogens is 5. The lowest BCUT2D eigenvalue weighted by atomic mass is 10.1. The summed E-state index contributed by atoms with van der Waals surface area (Å²) in [7, 11) is -3.41. The molecule has 1 heterocycles. The molecule has 0 atom stereocenters. The molecule has 0 saturated heterocycles. The number of carboxylic acid groups (broad SMARTS) is 1. The molecule has 0 amide bonds. The zero-order valence-corrected chi connectivity index (χ0v) is 23.9. The lowest BCUT2D eigenvalue weighted by molar-refractivity contribution is -0.385. The summed E-state index contributed by atoms with van der Waals surface area (Å²) in [6, 6.07) is 7.68. The van der Waals surface area contributed by atoms with Crippen LogP contribution in [0.3, 0.4) is 0 Å². The average molecular weight is 656 g/mol. The van der Waals surface area contributed by atoms with Crippen molar-refractivity contribution in [3.8, 4) is 16.2 Å². The second-order valence-electron chi connectivity index (χ2n) is 7.71. The summed E-state index contributed by atoms with van der Waals surface area (Å²) < 4.78 is 66.3. The number of carbonyl (C=O) groups excluding carboxylic acids is 1. The summed E-state index contributed by atoms with van der Waals surface area (Å²) in [6.45, 7) is 1.56. The number of carboxylic acids is 1. The molecule has 0 saturated carbocycles. The Balaban J connectivity index is 0.000000353. The van der Waals surface area contributed by atoms with Crippen molar-refractivity contribution in [2.24, 2.45) is 5.10 Å². The standard InChI is InChI=1S/C15H13Cl2F3N2O3S2.C8H5NO5/c1-8(22-21-2)10-6-26-14(9-3-4-11(16)12(17)5-9)13(10)25-27(23,24)7-15(18,19)20;10-4-5-1-2-6(8(11)12)7(3-5)9(13)14/h3-6,21H,7H2,1-2H3;1-4H,(H,11,12)/b22-8+;. The minimum absolute atomic E-state index is 0.0710. The number of aromatic carboxylic acids is 1. The first-order valence-electron chi connectivity index (χ1n) is 10.7. The van der Waals surface area contributed by atoms with Crippen LogP contribution < -0.4 is 9.61 Å². The molecular weight excluding hydrogens is 638 g/mol. The molecule has 0 bridgehead atoms. The lowest BCUT2D eigenvalue weighted by Gasteiger charge is -2.12. The van der Waals surface area contributed by atoms with Crippen molar-refractivity contribution in [3.63, 3.8) is 0 Å². The Morgan fingerprint density at radius 1 is 1.20 bits per heavy atom. The van der Waals surface area contributed by atoms with Gasteiger partial charge in [-0.2, -0.15) is 26.7 Å². The fraction of sp³-hybridized carbons (Fsp3) is 0.174. The number of hydrogen-bond donors (Lipinski definition) is 2. The van der Waals surface area contributed by atoms with Gasteiger partial charge in [-0.25, -0.2) is 4.79 Å². The Bertz CT molecular complexity index is 1610. The van der Waals surface area contributed by atoms with E-state index in [0.717, 1.165) is 23.5 Å². The van der Waals surface area contributed by atoms with Crippen molar-refractivity contribution in [1.29, 1.82) is 0 Å². The number of nitro benzene ring substituents is 1. The van der Waals surface area contributed by atoms with E-state index in [1.54, 1.807) is 13.0 Å². The number of carbonyl (C=O) groups is 2.